The molecule has 1 saturated heterocycles. The molecular weight excluding hydrogens is 287 g/mol. The number of nitrogens with zero attached hydrogens (tertiary/aromatic N) is 2. The number of fused-ring (bicyclic) bond motifs is 1. The van der Waals surface area contributed by atoms with Gasteiger partial charge < -0.3 is 14.4 Å². The highest BCUT2D eigenvalue weighted by Gasteiger charge is 2.23. The van der Waals surface area contributed by atoms with Crippen LogP contribution in [0.5, 0.6) is 0 Å². The van der Waals surface area contributed by atoms with Crippen molar-refractivity contribution >= 4 is 28.6 Å². The first kappa shape index (κ1) is 13.3. The summed E-state index contributed by atoms with van der Waals surface area (Å²) >= 11 is 5.84. The predicted octanol–water partition coefficient (Wildman–Crippen LogP) is 2.40. The standard InChI is InChI=1S/C13H12ClFN2O3/c14-5-11-16-12-9(15)3-7(13(18)19)4-10(12)17(11)6-8-1-2-20-8/h3-4,8H,1-2,5-6H2,(H,18,19)/t8-/m0/s1. The highest BCUT2D eigenvalue weighted by atomic mass is 35.5. The molecule has 1 aliphatic rings. The first-order valence-corrected chi connectivity index (χ1v) is 6.73. The zero-order chi connectivity index (χ0) is 14.3. The number of ether oxygens (including phenoxy) is 1. The second kappa shape index (κ2) is 5.03. The fourth-order valence-corrected chi connectivity index (χ4v) is 2.49. The lowest BCUT2D eigenvalue weighted by Crippen LogP contribution is -2.31. The summed E-state index contributed by atoms with van der Waals surface area (Å²) in [5, 5.41) is 9.02. The van der Waals surface area contributed by atoms with Crippen LogP contribution in [-0.4, -0.2) is 33.3 Å². The highest BCUT2D eigenvalue weighted by Crippen LogP contribution is 2.25. The Labute approximate surface area is 118 Å². The first-order valence-electron chi connectivity index (χ1n) is 6.19. The third-order valence-corrected chi connectivity index (χ3v) is 3.67. The van der Waals surface area contributed by atoms with Crippen LogP contribution in [0.15, 0.2) is 12.1 Å². The summed E-state index contributed by atoms with van der Waals surface area (Å²) in [6.45, 7) is 1.21. The van der Waals surface area contributed by atoms with Crippen molar-refractivity contribution in [3.63, 3.8) is 0 Å². The summed E-state index contributed by atoms with van der Waals surface area (Å²) in [7, 11) is 0. The molecular formula is C13H12ClFN2O3. The van der Waals surface area contributed by atoms with Gasteiger partial charge in [-0.2, -0.15) is 0 Å². The normalized spacial score (nSPS) is 18.2. The number of imidazole rings is 1. The summed E-state index contributed by atoms with van der Waals surface area (Å²) in [4.78, 5) is 15.2. The lowest BCUT2D eigenvalue weighted by Gasteiger charge is -2.27. The number of halogens is 2. The molecule has 7 heteroatoms. The molecule has 2 heterocycles. The average Bonchev–Trinajstić information content (AvgIpc) is 2.72. The van der Waals surface area contributed by atoms with E-state index < -0.39 is 11.8 Å². The van der Waals surface area contributed by atoms with Crippen LogP contribution in [0, 0.1) is 5.82 Å². The number of rotatable bonds is 4. The Morgan fingerprint density at radius 2 is 2.35 bits per heavy atom. The molecule has 1 aromatic heterocycles. The molecule has 20 heavy (non-hydrogen) atoms. The Bertz CT molecular complexity index is 682. The van der Waals surface area contributed by atoms with Gasteiger partial charge in [-0.25, -0.2) is 14.2 Å². The Morgan fingerprint density at radius 3 is 2.90 bits per heavy atom. The maximum Gasteiger partial charge on any atom is 0.335 e. The van der Waals surface area contributed by atoms with Gasteiger partial charge in [0.25, 0.3) is 0 Å². The third kappa shape index (κ3) is 2.14. The van der Waals surface area contributed by atoms with E-state index in [4.69, 9.17) is 21.4 Å². The molecule has 2 aromatic rings. The minimum atomic E-state index is -1.18. The monoisotopic (exact) mass is 298 g/mol. The summed E-state index contributed by atoms with van der Waals surface area (Å²) in [6, 6.07) is 2.39. The number of carboxylic acids is 1. The minimum Gasteiger partial charge on any atom is -0.478 e. The predicted molar refractivity (Wildman–Crippen MR) is 70.6 cm³/mol. The number of aromatic carboxylic acids is 1. The van der Waals surface area contributed by atoms with Crippen LogP contribution in [0.3, 0.4) is 0 Å². The number of hydrogen-bond donors (Lipinski definition) is 1. The number of aromatic nitrogens is 2. The van der Waals surface area contributed by atoms with Gasteiger partial charge in [-0.05, 0) is 18.6 Å². The van der Waals surface area contributed by atoms with Crippen LogP contribution >= 0.6 is 11.6 Å². The highest BCUT2D eigenvalue weighted by molar-refractivity contribution is 6.16. The van der Waals surface area contributed by atoms with Crippen molar-refractivity contribution in [3.05, 3.63) is 29.3 Å². The number of alkyl halides is 1. The molecule has 0 aliphatic carbocycles. The Kier molecular flexibility index (Phi) is 3.35. The lowest BCUT2D eigenvalue weighted by molar-refractivity contribution is -0.0589. The van der Waals surface area contributed by atoms with E-state index in [9.17, 15) is 9.18 Å². The molecule has 0 radical (unpaired) electrons. The minimum absolute atomic E-state index is 0.0471. The van der Waals surface area contributed by atoms with Crippen molar-refractivity contribution in [1.82, 2.24) is 9.55 Å². The van der Waals surface area contributed by atoms with Gasteiger partial charge in [-0.1, -0.05) is 0 Å². The van der Waals surface area contributed by atoms with Crippen molar-refractivity contribution in [2.45, 2.75) is 24.9 Å². The van der Waals surface area contributed by atoms with E-state index in [0.29, 0.717) is 24.5 Å². The van der Waals surface area contributed by atoms with Gasteiger partial charge in [0, 0.05) is 6.61 Å². The molecule has 0 saturated carbocycles. The molecule has 1 aromatic carbocycles. The number of carbonyl (C=O) groups is 1. The van der Waals surface area contributed by atoms with E-state index in [0.717, 1.165) is 12.5 Å². The van der Waals surface area contributed by atoms with E-state index >= 15 is 0 Å². The summed E-state index contributed by atoms with van der Waals surface area (Å²) in [5.74, 6) is -1.19. The SMILES string of the molecule is O=C(O)c1cc(F)c2nc(CCl)n(C[C@@H]3CCO3)c2c1. The molecule has 1 atom stereocenters. The van der Waals surface area contributed by atoms with Gasteiger partial charge in [0.1, 0.15) is 11.3 Å². The van der Waals surface area contributed by atoms with Gasteiger partial charge in [0.2, 0.25) is 0 Å². The van der Waals surface area contributed by atoms with Gasteiger partial charge in [0.05, 0.1) is 29.6 Å². The Morgan fingerprint density at radius 1 is 1.60 bits per heavy atom. The van der Waals surface area contributed by atoms with Crippen LogP contribution < -0.4 is 0 Å². The largest absolute Gasteiger partial charge is 0.478 e. The molecule has 106 valence electrons. The maximum absolute atomic E-state index is 14.0. The van der Waals surface area contributed by atoms with Crippen molar-refractivity contribution in [1.29, 1.82) is 0 Å². The molecule has 1 N–H and O–H groups in total. The van der Waals surface area contributed by atoms with Crippen LogP contribution in [0.2, 0.25) is 0 Å². The van der Waals surface area contributed by atoms with E-state index in [1.54, 1.807) is 4.57 Å². The Hall–Kier alpha value is -1.66. The van der Waals surface area contributed by atoms with Gasteiger partial charge >= 0.3 is 5.97 Å². The second-order valence-electron chi connectivity index (χ2n) is 4.68. The first-order chi connectivity index (χ1) is 9.60. The summed E-state index contributed by atoms with van der Waals surface area (Å²) in [6.07, 6.45) is 0.966. The smallest absolute Gasteiger partial charge is 0.335 e. The van der Waals surface area contributed by atoms with E-state index in [-0.39, 0.29) is 23.1 Å². The average molecular weight is 299 g/mol. The van der Waals surface area contributed by atoms with Crippen LogP contribution in [0.25, 0.3) is 11.0 Å². The molecule has 0 bridgehead atoms. The van der Waals surface area contributed by atoms with Crippen molar-refractivity contribution < 1.29 is 19.0 Å². The zero-order valence-electron chi connectivity index (χ0n) is 10.5. The maximum atomic E-state index is 14.0. The van der Waals surface area contributed by atoms with E-state index in [1.807, 2.05) is 0 Å². The van der Waals surface area contributed by atoms with Gasteiger partial charge in [0.15, 0.2) is 5.82 Å². The van der Waals surface area contributed by atoms with Crippen LogP contribution in [0.1, 0.15) is 22.6 Å². The molecule has 0 amide bonds. The topological polar surface area (TPSA) is 64.3 Å². The summed E-state index contributed by atoms with van der Waals surface area (Å²) in [5.41, 5.74) is 0.477. The molecule has 1 aliphatic heterocycles. The molecule has 3 rings (SSSR count). The number of benzene rings is 1. The zero-order valence-corrected chi connectivity index (χ0v) is 11.2. The summed E-state index contributed by atoms with van der Waals surface area (Å²) < 4.78 is 21.1. The fourth-order valence-electron chi connectivity index (χ4n) is 2.29. The van der Waals surface area contributed by atoms with E-state index in [1.165, 1.54) is 6.07 Å². The fraction of sp³-hybridized carbons (Fsp3) is 0.385. The van der Waals surface area contributed by atoms with Crippen molar-refractivity contribution in [3.8, 4) is 0 Å². The molecule has 5 nitrogen and oxygen atoms in total. The van der Waals surface area contributed by atoms with Gasteiger partial charge in [-0.15, -0.1) is 11.6 Å². The molecule has 0 spiro atoms. The Balaban J connectivity index is 2.15. The van der Waals surface area contributed by atoms with Crippen LogP contribution in [-0.2, 0) is 17.2 Å². The quantitative estimate of drug-likeness (QED) is 0.880. The molecule has 1 fully saturated rings. The lowest BCUT2D eigenvalue weighted by atomic mass is 10.1. The van der Waals surface area contributed by atoms with Crippen molar-refractivity contribution in [2.24, 2.45) is 0 Å². The third-order valence-electron chi connectivity index (χ3n) is 3.43. The number of carboxylic acid groups (broad SMARTS) is 1. The molecule has 0 unspecified atom stereocenters. The van der Waals surface area contributed by atoms with Crippen LogP contribution in [0.4, 0.5) is 4.39 Å². The second-order valence-corrected chi connectivity index (χ2v) is 4.95. The van der Waals surface area contributed by atoms with E-state index in [2.05, 4.69) is 4.98 Å². The van der Waals surface area contributed by atoms with Gasteiger partial charge in [-0.3, -0.25) is 0 Å². The van der Waals surface area contributed by atoms with Crippen molar-refractivity contribution in [2.75, 3.05) is 6.61 Å². The number of hydrogen-bond acceptors (Lipinski definition) is 3.